The van der Waals surface area contributed by atoms with Gasteiger partial charge in [0.05, 0.1) is 0 Å². The van der Waals surface area contributed by atoms with E-state index in [4.69, 9.17) is 4.74 Å². The number of carbonyl (C=O) groups excluding carboxylic acids is 1. The Hall–Kier alpha value is -1.35. The van der Waals surface area contributed by atoms with Crippen LogP contribution in [-0.4, -0.2) is 25.7 Å². The maximum Gasteiger partial charge on any atom is 0.225 e. The van der Waals surface area contributed by atoms with Crippen molar-refractivity contribution in [2.24, 2.45) is 5.41 Å². The highest BCUT2D eigenvalue weighted by molar-refractivity contribution is 5.82. The predicted molar refractivity (Wildman–Crippen MR) is 78.0 cm³/mol. The zero-order valence-electron chi connectivity index (χ0n) is 12.2. The van der Waals surface area contributed by atoms with Gasteiger partial charge in [0, 0.05) is 25.2 Å². The molecule has 0 saturated heterocycles. The highest BCUT2D eigenvalue weighted by Gasteiger charge is 2.27. The van der Waals surface area contributed by atoms with E-state index in [9.17, 15) is 4.79 Å². The first-order chi connectivity index (χ1) is 9.06. The Morgan fingerprint density at radius 3 is 2.58 bits per heavy atom. The third kappa shape index (κ3) is 5.88. The molecule has 0 atom stereocenters. The molecular formula is C16H25NO2. The molecule has 0 aliphatic heterocycles. The standard InChI is InChI=1S/C16H25NO2/c1-4-19-12-8-11-17-15(18)16(2,3)13-14-9-6-5-7-10-14/h5-7,9-10H,4,8,11-13H2,1-3H3,(H,17,18). The molecular weight excluding hydrogens is 238 g/mol. The fourth-order valence-electron chi connectivity index (χ4n) is 1.95. The van der Waals surface area contributed by atoms with Gasteiger partial charge in [-0.15, -0.1) is 0 Å². The van der Waals surface area contributed by atoms with Gasteiger partial charge < -0.3 is 10.1 Å². The van der Waals surface area contributed by atoms with Gasteiger partial charge in [0.1, 0.15) is 0 Å². The minimum Gasteiger partial charge on any atom is -0.382 e. The number of ether oxygens (including phenoxy) is 1. The van der Waals surface area contributed by atoms with Crippen LogP contribution in [0.4, 0.5) is 0 Å². The zero-order valence-corrected chi connectivity index (χ0v) is 12.2. The molecule has 106 valence electrons. The van der Waals surface area contributed by atoms with Gasteiger partial charge in [-0.2, -0.15) is 0 Å². The monoisotopic (exact) mass is 263 g/mol. The highest BCUT2D eigenvalue weighted by Crippen LogP contribution is 2.21. The lowest BCUT2D eigenvalue weighted by molar-refractivity contribution is -0.129. The molecule has 19 heavy (non-hydrogen) atoms. The van der Waals surface area contributed by atoms with Crippen LogP contribution in [0.2, 0.25) is 0 Å². The van der Waals surface area contributed by atoms with E-state index in [0.29, 0.717) is 13.2 Å². The molecule has 0 unspecified atom stereocenters. The number of amides is 1. The molecule has 0 saturated carbocycles. The summed E-state index contributed by atoms with van der Waals surface area (Å²) in [6.45, 7) is 8.05. The zero-order chi connectivity index (χ0) is 14.1. The first-order valence-electron chi connectivity index (χ1n) is 6.96. The molecule has 1 N–H and O–H groups in total. The van der Waals surface area contributed by atoms with Crippen molar-refractivity contribution >= 4 is 5.91 Å². The summed E-state index contributed by atoms with van der Waals surface area (Å²) in [6.07, 6.45) is 1.62. The van der Waals surface area contributed by atoms with E-state index < -0.39 is 0 Å². The first kappa shape index (κ1) is 15.7. The molecule has 3 heteroatoms. The average molecular weight is 263 g/mol. The maximum absolute atomic E-state index is 12.1. The molecule has 0 spiro atoms. The molecule has 1 aromatic rings. The van der Waals surface area contributed by atoms with E-state index >= 15 is 0 Å². The molecule has 0 aliphatic rings. The van der Waals surface area contributed by atoms with Crippen LogP contribution < -0.4 is 5.32 Å². The van der Waals surface area contributed by atoms with Crippen LogP contribution in [0.5, 0.6) is 0 Å². The predicted octanol–water partition coefficient (Wildman–Crippen LogP) is 2.80. The normalized spacial score (nSPS) is 11.3. The van der Waals surface area contributed by atoms with Gasteiger partial charge in [-0.05, 0) is 25.3 Å². The Kier molecular flexibility index (Phi) is 6.57. The Morgan fingerprint density at radius 1 is 1.26 bits per heavy atom. The second-order valence-electron chi connectivity index (χ2n) is 5.35. The molecule has 0 bridgehead atoms. The van der Waals surface area contributed by atoms with Crippen LogP contribution in [0.1, 0.15) is 32.8 Å². The quantitative estimate of drug-likeness (QED) is 0.732. The van der Waals surface area contributed by atoms with Crippen LogP contribution in [0.25, 0.3) is 0 Å². The molecule has 1 aromatic carbocycles. The summed E-state index contributed by atoms with van der Waals surface area (Å²) in [5.74, 6) is 0.104. The van der Waals surface area contributed by atoms with Gasteiger partial charge in [0.15, 0.2) is 0 Å². The molecule has 0 heterocycles. The lowest BCUT2D eigenvalue weighted by atomic mass is 9.85. The highest BCUT2D eigenvalue weighted by atomic mass is 16.5. The fraction of sp³-hybridized carbons (Fsp3) is 0.562. The van der Waals surface area contributed by atoms with Crippen molar-refractivity contribution in [3.63, 3.8) is 0 Å². The largest absolute Gasteiger partial charge is 0.382 e. The maximum atomic E-state index is 12.1. The van der Waals surface area contributed by atoms with Crippen molar-refractivity contribution in [1.82, 2.24) is 5.32 Å². The van der Waals surface area contributed by atoms with Gasteiger partial charge in [0.25, 0.3) is 0 Å². The fourth-order valence-corrected chi connectivity index (χ4v) is 1.95. The summed E-state index contributed by atoms with van der Waals surface area (Å²) in [5.41, 5.74) is 0.810. The Bertz CT molecular complexity index is 374. The molecule has 0 fully saturated rings. The van der Waals surface area contributed by atoms with E-state index in [1.807, 2.05) is 39.0 Å². The number of hydrogen-bond acceptors (Lipinski definition) is 2. The van der Waals surface area contributed by atoms with Gasteiger partial charge in [-0.1, -0.05) is 44.2 Å². The SMILES string of the molecule is CCOCCCNC(=O)C(C)(C)Cc1ccccc1. The molecule has 0 radical (unpaired) electrons. The smallest absolute Gasteiger partial charge is 0.225 e. The Labute approximate surface area is 116 Å². The van der Waals surface area contributed by atoms with Crippen molar-refractivity contribution < 1.29 is 9.53 Å². The number of hydrogen-bond donors (Lipinski definition) is 1. The second kappa shape index (κ2) is 7.95. The van der Waals surface area contributed by atoms with Crippen molar-refractivity contribution in [2.75, 3.05) is 19.8 Å². The number of rotatable bonds is 8. The van der Waals surface area contributed by atoms with Crippen molar-refractivity contribution in [3.05, 3.63) is 35.9 Å². The summed E-state index contributed by atoms with van der Waals surface area (Å²) < 4.78 is 5.25. The number of nitrogens with one attached hydrogen (secondary N) is 1. The van der Waals surface area contributed by atoms with Gasteiger partial charge in [-0.25, -0.2) is 0 Å². The lowest BCUT2D eigenvalue weighted by Crippen LogP contribution is -2.39. The molecule has 1 amide bonds. The first-order valence-corrected chi connectivity index (χ1v) is 6.96. The van der Waals surface area contributed by atoms with E-state index in [0.717, 1.165) is 19.4 Å². The van der Waals surface area contributed by atoms with Crippen LogP contribution in [0, 0.1) is 5.41 Å². The van der Waals surface area contributed by atoms with E-state index in [2.05, 4.69) is 17.4 Å². The summed E-state index contributed by atoms with van der Waals surface area (Å²) in [4.78, 5) is 12.1. The van der Waals surface area contributed by atoms with E-state index in [-0.39, 0.29) is 11.3 Å². The van der Waals surface area contributed by atoms with Crippen LogP contribution in [-0.2, 0) is 16.0 Å². The summed E-state index contributed by atoms with van der Waals surface area (Å²) in [5, 5.41) is 2.98. The molecule has 0 aromatic heterocycles. The third-order valence-electron chi connectivity index (χ3n) is 3.06. The molecule has 3 nitrogen and oxygen atoms in total. The van der Waals surface area contributed by atoms with E-state index in [1.54, 1.807) is 0 Å². The summed E-state index contributed by atoms with van der Waals surface area (Å²) >= 11 is 0. The minimum absolute atomic E-state index is 0.104. The van der Waals surface area contributed by atoms with Gasteiger partial charge in [0.2, 0.25) is 5.91 Å². The van der Waals surface area contributed by atoms with Crippen molar-refractivity contribution in [3.8, 4) is 0 Å². The Morgan fingerprint density at radius 2 is 1.95 bits per heavy atom. The van der Waals surface area contributed by atoms with Crippen LogP contribution in [0.15, 0.2) is 30.3 Å². The second-order valence-corrected chi connectivity index (χ2v) is 5.35. The van der Waals surface area contributed by atoms with Gasteiger partial charge >= 0.3 is 0 Å². The van der Waals surface area contributed by atoms with E-state index in [1.165, 1.54) is 5.56 Å². The van der Waals surface area contributed by atoms with Crippen molar-refractivity contribution in [1.29, 1.82) is 0 Å². The number of benzene rings is 1. The molecule has 1 rings (SSSR count). The van der Waals surface area contributed by atoms with Crippen LogP contribution in [0.3, 0.4) is 0 Å². The topological polar surface area (TPSA) is 38.3 Å². The Balaban J connectivity index is 2.37. The van der Waals surface area contributed by atoms with Crippen LogP contribution >= 0.6 is 0 Å². The third-order valence-corrected chi connectivity index (χ3v) is 3.06. The lowest BCUT2D eigenvalue weighted by Gasteiger charge is -2.23. The number of carbonyl (C=O) groups is 1. The summed E-state index contributed by atoms with van der Waals surface area (Å²) in [6, 6.07) is 10.1. The summed E-state index contributed by atoms with van der Waals surface area (Å²) in [7, 11) is 0. The van der Waals surface area contributed by atoms with Crippen molar-refractivity contribution in [2.45, 2.75) is 33.6 Å². The van der Waals surface area contributed by atoms with Gasteiger partial charge in [-0.3, -0.25) is 4.79 Å². The minimum atomic E-state index is -0.382. The average Bonchev–Trinajstić information content (AvgIpc) is 2.39. The molecule has 0 aliphatic carbocycles.